The summed E-state index contributed by atoms with van der Waals surface area (Å²) in [6.45, 7) is 1.92. The number of hydrogen-bond donors (Lipinski definition) is 1. The fraction of sp³-hybridized carbons (Fsp3) is 0.556. The molecule has 0 bridgehead atoms. The number of carbonyl (C=O) groups is 1. The van der Waals surface area contributed by atoms with Gasteiger partial charge in [-0.25, -0.2) is 4.79 Å². The number of nitrogens with one attached hydrogen (secondary N) is 1. The van der Waals surface area contributed by atoms with E-state index in [4.69, 9.17) is 0 Å². The van der Waals surface area contributed by atoms with Crippen LogP contribution in [0.25, 0.3) is 0 Å². The summed E-state index contributed by atoms with van der Waals surface area (Å²) in [6.07, 6.45) is 0. The van der Waals surface area contributed by atoms with Crippen molar-refractivity contribution >= 4 is 5.97 Å². The second kappa shape index (κ2) is 3.42. The molecule has 5 heteroatoms. The van der Waals surface area contributed by atoms with E-state index in [0.29, 0.717) is 11.6 Å². The summed E-state index contributed by atoms with van der Waals surface area (Å²) in [4.78, 5) is 11.2. The highest BCUT2D eigenvalue weighted by molar-refractivity contribution is 5.87. The summed E-state index contributed by atoms with van der Waals surface area (Å²) >= 11 is 0. The van der Waals surface area contributed by atoms with Crippen LogP contribution < -0.4 is 5.32 Å². The zero-order valence-corrected chi connectivity index (χ0v) is 8.28. The van der Waals surface area contributed by atoms with Crippen LogP contribution >= 0.6 is 0 Å². The van der Waals surface area contributed by atoms with E-state index in [-0.39, 0.29) is 5.97 Å². The molecule has 1 aliphatic rings. The molecule has 0 aromatic carbocycles. The third kappa shape index (κ3) is 1.39. The summed E-state index contributed by atoms with van der Waals surface area (Å²) in [5.41, 5.74) is 1.47. The van der Waals surface area contributed by atoms with Crippen molar-refractivity contribution in [2.45, 2.75) is 5.92 Å². The molecule has 1 aliphatic heterocycles. The minimum Gasteiger partial charge on any atom is -0.464 e. The maximum atomic E-state index is 11.2. The molecule has 0 aliphatic carbocycles. The third-order valence-electron chi connectivity index (χ3n) is 2.51. The van der Waals surface area contributed by atoms with Crippen LogP contribution in [0.5, 0.6) is 0 Å². The Morgan fingerprint density at radius 2 is 2.43 bits per heavy atom. The first-order valence-electron chi connectivity index (χ1n) is 4.55. The van der Waals surface area contributed by atoms with Gasteiger partial charge >= 0.3 is 5.97 Å². The minimum atomic E-state index is -0.376. The van der Waals surface area contributed by atoms with Gasteiger partial charge in [-0.15, -0.1) is 0 Å². The maximum absolute atomic E-state index is 11.2. The van der Waals surface area contributed by atoms with Crippen LogP contribution in [0.15, 0.2) is 6.07 Å². The summed E-state index contributed by atoms with van der Waals surface area (Å²) in [5, 5.41) is 7.28. The Bertz CT molecular complexity index is 355. The van der Waals surface area contributed by atoms with E-state index >= 15 is 0 Å². The molecule has 0 amide bonds. The van der Waals surface area contributed by atoms with Crippen molar-refractivity contribution in [2.24, 2.45) is 7.05 Å². The van der Waals surface area contributed by atoms with Gasteiger partial charge in [0.25, 0.3) is 0 Å². The SMILES string of the molecule is COC(=O)c1cc(C2CNC2)n(C)n1. The van der Waals surface area contributed by atoms with Gasteiger partial charge in [-0.3, -0.25) is 4.68 Å². The van der Waals surface area contributed by atoms with Crippen molar-refractivity contribution in [3.05, 3.63) is 17.5 Å². The van der Waals surface area contributed by atoms with Crippen molar-refractivity contribution in [1.29, 1.82) is 0 Å². The van der Waals surface area contributed by atoms with E-state index in [0.717, 1.165) is 18.8 Å². The van der Waals surface area contributed by atoms with Crippen molar-refractivity contribution in [1.82, 2.24) is 15.1 Å². The molecule has 0 atom stereocenters. The fourth-order valence-corrected chi connectivity index (χ4v) is 1.57. The highest BCUT2D eigenvalue weighted by Crippen LogP contribution is 2.20. The number of carbonyl (C=O) groups excluding carboxylic acids is 1. The van der Waals surface area contributed by atoms with Gasteiger partial charge < -0.3 is 10.1 Å². The van der Waals surface area contributed by atoms with Crippen LogP contribution in [0.3, 0.4) is 0 Å². The predicted octanol–water partition coefficient (Wildman–Crippen LogP) is -0.107. The van der Waals surface area contributed by atoms with Crippen LogP contribution in [0.2, 0.25) is 0 Å². The van der Waals surface area contributed by atoms with E-state index < -0.39 is 0 Å². The van der Waals surface area contributed by atoms with Gasteiger partial charge in [0.1, 0.15) is 0 Å². The summed E-state index contributed by atoms with van der Waals surface area (Å²) < 4.78 is 6.35. The fourth-order valence-electron chi connectivity index (χ4n) is 1.57. The second-order valence-corrected chi connectivity index (χ2v) is 3.42. The minimum absolute atomic E-state index is 0.376. The van der Waals surface area contributed by atoms with Crippen molar-refractivity contribution in [2.75, 3.05) is 20.2 Å². The highest BCUT2D eigenvalue weighted by Gasteiger charge is 2.24. The normalized spacial score (nSPS) is 16.4. The molecule has 1 saturated heterocycles. The molecule has 0 saturated carbocycles. The smallest absolute Gasteiger partial charge is 0.358 e. The Kier molecular flexibility index (Phi) is 2.25. The van der Waals surface area contributed by atoms with Gasteiger partial charge in [-0.05, 0) is 6.07 Å². The number of methoxy groups -OCH3 is 1. The lowest BCUT2D eigenvalue weighted by atomic mass is 9.99. The molecule has 1 N–H and O–H groups in total. The van der Waals surface area contributed by atoms with E-state index in [1.54, 1.807) is 10.7 Å². The molecule has 0 unspecified atom stereocenters. The van der Waals surface area contributed by atoms with Crippen LogP contribution in [0, 0.1) is 0 Å². The molecule has 5 nitrogen and oxygen atoms in total. The zero-order chi connectivity index (χ0) is 10.1. The molecular formula is C9H13N3O2. The van der Waals surface area contributed by atoms with Gasteiger partial charge in [0.15, 0.2) is 5.69 Å². The Labute approximate surface area is 82.0 Å². The Morgan fingerprint density at radius 1 is 1.71 bits per heavy atom. The molecule has 2 rings (SSSR count). The van der Waals surface area contributed by atoms with Gasteiger partial charge in [-0.2, -0.15) is 5.10 Å². The second-order valence-electron chi connectivity index (χ2n) is 3.42. The Balaban J connectivity index is 2.24. The maximum Gasteiger partial charge on any atom is 0.358 e. The van der Waals surface area contributed by atoms with Gasteiger partial charge in [-0.1, -0.05) is 0 Å². The largest absolute Gasteiger partial charge is 0.464 e. The Hall–Kier alpha value is -1.36. The average Bonchev–Trinajstić information content (AvgIpc) is 2.44. The first-order chi connectivity index (χ1) is 6.72. The number of rotatable bonds is 2. The summed E-state index contributed by atoms with van der Waals surface area (Å²) in [5.74, 6) is 0.102. The molecule has 1 aromatic rings. The number of esters is 1. The molecule has 0 spiro atoms. The van der Waals surface area contributed by atoms with E-state index in [2.05, 4.69) is 15.2 Å². The first-order valence-corrected chi connectivity index (χ1v) is 4.55. The van der Waals surface area contributed by atoms with Gasteiger partial charge in [0, 0.05) is 31.7 Å². The molecule has 76 valence electrons. The number of hydrogen-bond acceptors (Lipinski definition) is 4. The number of nitrogens with zero attached hydrogens (tertiary/aromatic N) is 2. The summed E-state index contributed by atoms with van der Waals surface area (Å²) in [7, 11) is 3.21. The summed E-state index contributed by atoms with van der Waals surface area (Å²) in [6, 6.07) is 1.80. The Morgan fingerprint density at radius 3 is 2.93 bits per heavy atom. The number of aryl methyl sites for hydroxylation is 1. The average molecular weight is 195 g/mol. The molecule has 0 radical (unpaired) electrons. The quantitative estimate of drug-likeness (QED) is 0.669. The topological polar surface area (TPSA) is 56.1 Å². The van der Waals surface area contributed by atoms with Crippen molar-refractivity contribution < 1.29 is 9.53 Å². The van der Waals surface area contributed by atoms with E-state index in [1.165, 1.54) is 7.11 Å². The monoisotopic (exact) mass is 195 g/mol. The molecular weight excluding hydrogens is 182 g/mol. The lowest BCUT2D eigenvalue weighted by Crippen LogP contribution is -2.40. The number of aromatic nitrogens is 2. The molecule has 1 aromatic heterocycles. The predicted molar refractivity (Wildman–Crippen MR) is 50.2 cm³/mol. The molecule has 14 heavy (non-hydrogen) atoms. The van der Waals surface area contributed by atoms with Crippen LogP contribution in [-0.2, 0) is 11.8 Å². The van der Waals surface area contributed by atoms with Crippen molar-refractivity contribution in [3.63, 3.8) is 0 Å². The van der Waals surface area contributed by atoms with Gasteiger partial charge in [0.05, 0.1) is 7.11 Å². The van der Waals surface area contributed by atoms with Crippen LogP contribution in [-0.4, -0.2) is 35.9 Å². The van der Waals surface area contributed by atoms with Crippen LogP contribution in [0.1, 0.15) is 22.1 Å². The standard InChI is InChI=1S/C9H13N3O2/c1-12-8(6-4-10-5-6)3-7(11-12)9(13)14-2/h3,6,10H,4-5H2,1-2H3. The van der Waals surface area contributed by atoms with E-state index in [9.17, 15) is 4.79 Å². The first kappa shape index (κ1) is 9.21. The highest BCUT2D eigenvalue weighted by atomic mass is 16.5. The lowest BCUT2D eigenvalue weighted by molar-refractivity contribution is 0.0593. The lowest BCUT2D eigenvalue weighted by Gasteiger charge is -2.26. The van der Waals surface area contributed by atoms with E-state index in [1.807, 2.05) is 7.05 Å². The van der Waals surface area contributed by atoms with Gasteiger partial charge in [0.2, 0.25) is 0 Å². The molecule has 2 heterocycles. The third-order valence-corrected chi connectivity index (χ3v) is 2.51. The zero-order valence-electron chi connectivity index (χ0n) is 8.28. The molecule has 1 fully saturated rings. The number of ether oxygens (including phenoxy) is 1. The van der Waals surface area contributed by atoms with Crippen molar-refractivity contribution in [3.8, 4) is 0 Å². The van der Waals surface area contributed by atoms with Crippen LogP contribution in [0.4, 0.5) is 0 Å².